The normalized spacial score (nSPS) is 16.6. The summed E-state index contributed by atoms with van der Waals surface area (Å²) in [6.45, 7) is 6.68. The van der Waals surface area contributed by atoms with Crippen LogP contribution in [0, 0.1) is 6.92 Å². The van der Waals surface area contributed by atoms with E-state index in [4.69, 9.17) is 9.47 Å². The number of thiazole rings is 1. The molecule has 1 fully saturated rings. The van der Waals surface area contributed by atoms with Crippen molar-refractivity contribution in [2.75, 3.05) is 31.7 Å². The van der Waals surface area contributed by atoms with E-state index in [1.807, 2.05) is 38.1 Å². The summed E-state index contributed by atoms with van der Waals surface area (Å²) >= 11 is 1.49. The summed E-state index contributed by atoms with van der Waals surface area (Å²) in [4.78, 5) is 17.8. The van der Waals surface area contributed by atoms with Crippen molar-refractivity contribution in [3.8, 4) is 17.0 Å². The smallest absolute Gasteiger partial charge is 0.227 e. The lowest BCUT2D eigenvalue weighted by Gasteiger charge is -2.22. The van der Waals surface area contributed by atoms with Crippen LogP contribution < -0.4 is 15.4 Å². The second kappa shape index (κ2) is 9.87. The van der Waals surface area contributed by atoms with E-state index in [0.717, 1.165) is 28.4 Å². The van der Waals surface area contributed by atoms with E-state index in [2.05, 4.69) is 15.6 Å². The second-order valence-corrected chi connectivity index (χ2v) is 7.06. The minimum Gasteiger partial charge on any atom is -0.494 e. The monoisotopic (exact) mass is 397 g/mol. The minimum absolute atomic E-state index is 0. The van der Waals surface area contributed by atoms with Crippen molar-refractivity contribution < 1.29 is 14.3 Å². The summed E-state index contributed by atoms with van der Waals surface area (Å²) in [6, 6.07) is 7.92. The molecule has 1 aliphatic rings. The molecule has 2 aromatic rings. The Hall–Kier alpha value is -1.67. The number of carbonyl (C=O) groups is 1. The zero-order chi connectivity index (χ0) is 17.6. The molecule has 1 aromatic heterocycles. The van der Waals surface area contributed by atoms with Gasteiger partial charge in [0.25, 0.3) is 0 Å². The van der Waals surface area contributed by atoms with Gasteiger partial charge < -0.3 is 20.1 Å². The van der Waals surface area contributed by atoms with Crippen LogP contribution in [-0.2, 0) is 9.53 Å². The minimum atomic E-state index is -0.0463. The van der Waals surface area contributed by atoms with Crippen LogP contribution in [0.15, 0.2) is 24.3 Å². The van der Waals surface area contributed by atoms with Crippen molar-refractivity contribution in [3.05, 3.63) is 29.1 Å². The zero-order valence-electron chi connectivity index (χ0n) is 14.9. The van der Waals surface area contributed by atoms with Crippen LogP contribution in [0.5, 0.6) is 5.75 Å². The second-order valence-electron chi connectivity index (χ2n) is 5.86. The first-order chi connectivity index (χ1) is 12.2. The summed E-state index contributed by atoms with van der Waals surface area (Å²) in [5.74, 6) is 0.796. The van der Waals surface area contributed by atoms with Gasteiger partial charge in [-0.1, -0.05) is 0 Å². The molecule has 1 atom stereocenters. The molecule has 1 saturated heterocycles. The average molecular weight is 398 g/mol. The molecule has 1 unspecified atom stereocenters. The predicted octanol–water partition coefficient (Wildman–Crippen LogP) is 3.26. The number of ether oxygens (including phenoxy) is 2. The Labute approximate surface area is 163 Å². The van der Waals surface area contributed by atoms with Gasteiger partial charge in [0, 0.05) is 29.4 Å². The van der Waals surface area contributed by atoms with Crippen LogP contribution >= 0.6 is 23.7 Å². The van der Waals surface area contributed by atoms with Crippen molar-refractivity contribution in [1.82, 2.24) is 10.3 Å². The van der Waals surface area contributed by atoms with Crippen LogP contribution in [0.2, 0.25) is 0 Å². The molecular formula is C18H24ClN3O3S. The number of halogens is 1. The highest BCUT2D eigenvalue weighted by Crippen LogP contribution is 2.31. The third kappa shape index (κ3) is 5.41. The third-order valence-electron chi connectivity index (χ3n) is 3.91. The third-order valence-corrected chi connectivity index (χ3v) is 4.80. The molecule has 2 N–H and O–H groups in total. The van der Waals surface area contributed by atoms with Crippen molar-refractivity contribution in [2.24, 2.45) is 0 Å². The molecule has 0 radical (unpaired) electrons. The Balaban J connectivity index is 0.00000243. The lowest BCUT2D eigenvalue weighted by atomic mass is 10.1. The Bertz CT molecular complexity index is 715. The maximum Gasteiger partial charge on any atom is 0.227 e. The molecule has 1 amide bonds. The van der Waals surface area contributed by atoms with Gasteiger partial charge in [0.2, 0.25) is 5.91 Å². The van der Waals surface area contributed by atoms with Gasteiger partial charge >= 0.3 is 0 Å². The topological polar surface area (TPSA) is 72.5 Å². The van der Waals surface area contributed by atoms with Crippen LogP contribution in [0.25, 0.3) is 11.3 Å². The Morgan fingerprint density at radius 1 is 1.42 bits per heavy atom. The number of amides is 1. The lowest BCUT2D eigenvalue weighted by molar-refractivity contribution is -0.117. The van der Waals surface area contributed by atoms with Crippen molar-refractivity contribution in [3.63, 3.8) is 0 Å². The number of anilines is 1. The highest BCUT2D eigenvalue weighted by molar-refractivity contribution is 7.16. The molecule has 0 saturated carbocycles. The van der Waals surface area contributed by atoms with Gasteiger partial charge in [0.05, 0.1) is 25.5 Å². The van der Waals surface area contributed by atoms with E-state index in [0.29, 0.717) is 31.4 Å². The quantitative estimate of drug-likeness (QED) is 0.782. The van der Waals surface area contributed by atoms with Gasteiger partial charge in [-0.3, -0.25) is 4.79 Å². The highest BCUT2D eigenvalue weighted by Gasteiger charge is 2.18. The largest absolute Gasteiger partial charge is 0.494 e. The summed E-state index contributed by atoms with van der Waals surface area (Å²) in [5, 5.41) is 6.81. The number of nitrogens with zero attached hydrogens (tertiary/aromatic N) is 1. The highest BCUT2D eigenvalue weighted by atomic mass is 35.5. The number of morpholine rings is 1. The van der Waals surface area contributed by atoms with Gasteiger partial charge in [0.15, 0.2) is 5.13 Å². The number of aryl methyl sites for hydroxylation is 1. The molecule has 0 bridgehead atoms. The average Bonchev–Trinajstić information content (AvgIpc) is 2.97. The van der Waals surface area contributed by atoms with Crippen molar-refractivity contribution in [2.45, 2.75) is 26.3 Å². The Kier molecular flexibility index (Phi) is 7.84. The molecule has 8 heteroatoms. The molecule has 6 nitrogen and oxygen atoms in total. The van der Waals surface area contributed by atoms with E-state index in [-0.39, 0.29) is 24.4 Å². The zero-order valence-corrected chi connectivity index (χ0v) is 16.5. The molecule has 142 valence electrons. The molecular weight excluding hydrogens is 374 g/mol. The SMILES string of the molecule is CCOc1ccc(-c2nc(NC(=O)CC3COCCN3)sc2C)cc1.Cl. The first-order valence-electron chi connectivity index (χ1n) is 8.47. The summed E-state index contributed by atoms with van der Waals surface area (Å²) in [6.07, 6.45) is 0.386. The maximum absolute atomic E-state index is 12.2. The fraction of sp³-hybridized carbons (Fsp3) is 0.444. The number of carbonyl (C=O) groups excluding carboxylic acids is 1. The summed E-state index contributed by atoms with van der Waals surface area (Å²) in [7, 11) is 0. The van der Waals surface area contributed by atoms with Crippen molar-refractivity contribution >= 4 is 34.8 Å². The molecule has 3 rings (SSSR count). The van der Waals surface area contributed by atoms with E-state index < -0.39 is 0 Å². The number of aromatic nitrogens is 1. The number of rotatable bonds is 6. The Morgan fingerprint density at radius 3 is 2.85 bits per heavy atom. The molecule has 2 heterocycles. The van der Waals surface area contributed by atoms with Crippen LogP contribution in [0.1, 0.15) is 18.2 Å². The summed E-state index contributed by atoms with van der Waals surface area (Å²) in [5.41, 5.74) is 1.91. The molecule has 0 aliphatic carbocycles. The van der Waals surface area contributed by atoms with Crippen LogP contribution in [0.3, 0.4) is 0 Å². The Morgan fingerprint density at radius 2 is 2.19 bits per heavy atom. The molecule has 26 heavy (non-hydrogen) atoms. The van der Waals surface area contributed by atoms with E-state index >= 15 is 0 Å². The van der Waals surface area contributed by atoms with Gasteiger partial charge in [-0.25, -0.2) is 4.98 Å². The number of hydrogen-bond acceptors (Lipinski definition) is 6. The molecule has 1 aliphatic heterocycles. The number of hydrogen-bond donors (Lipinski definition) is 2. The maximum atomic E-state index is 12.2. The fourth-order valence-corrected chi connectivity index (χ4v) is 3.59. The van der Waals surface area contributed by atoms with E-state index in [1.54, 1.807) is 0 Å². The predicted molar refractivity (Wildman–Crippen MR) is 107 cm³/mol. The first-order valence-corrected chi connectivity index (χ1v) is 9.29. The number of nitrogens with one attached hydrogen (secondary N) is 2. The van der Waals surface area contributed by atoms with Crippen LogP contribution in [0.4, 0.5) is 5.13 Å². The van der Waals surface area contributed by atoms with Gasteiger partial charge in [-0.2, -0.15) is 0 Å². The van der Waals surface area contributed by atoms with E-state index in [1.165, 1.54) is 11.3 Å². The van der Waals surface area contributed by atoms with Crippen molar-refractivity contribution in [1.29, 1.82) is 0 Å². The first kappa shape index (κ1) is 20.6. The molecule has 1 aromatic carbocycles. The summed E-state index contributed by atoms with van der Waals surface area (Å²) < 4.78 is 10.8. The standard InChI is InChI=1S/C18H23N3O3S.ClH/c1-3-24-15-6-4-13(5-7-15)17-12(2)25-18(21-17)20-16(22)10-14-11-23-9-8-19-14;/h4-7,14,19H,3,8-11H2,1-2H3,(H,20,21,22);1H. The van der Waals surface area contributed by atoms with Gasteiger partial charge in [-0.15, -0.1) is 23.7 Å². The lowest BCUT2D eigenvalue weighted by Crippen LogP contribution is -2.43. The van der Waals surface area contributed by atoms with Gasteiger partial charge in [0.1, 0.15) is 5.75 Å². The van der Waals surface area contributed by atoms with Crippen LogP contribution in [-0.4, -0.2) is 43.3 Å². The fourth-order valence-electron chi connectivity index (χ4n) is 2.74. The number of benzene rings is 1. The van der Waals surface area contributed by atoms with E-state index in [9.17, 15) is 4.79 Å². The molecule has 0 spiro atoms. The van der Waals surface area contributed by atoms with Gasteiger partial charge in [-0.05, 0) is 38.1 Å².